The molecule has 3 N–H and O–H groups in total. The van der Waals surface area contributed by atoms with Crippen LogP contribution in [0.15, 0.2) is 71.9 Å². The monoisotopic (exact) mass is 441 g/mol. The Morgan fingerprint density at radius 3 is 2.58 bits per heavy atom. The van der Waals surface area contributed by atoms with Crippen molar-refractivity contribution in [2.75, 3.05) is 11.8 Å². The van der Waals surface area contributed by atoms with Gasteiger partial charge in [-0.3, -0.25) is 14.5 Å². The molecule has 3 aromatic rings. The zero-order valence-electron chi connectivity index (χ0n) is 17.1. The molecule has 31 heavy (non-hydrogen) atoms. The fraction of sp³-hybridized carbons (Fsp3) is 0.182. The summed E-state index contributed by atoms with van der Waals surface area (Å²) in [5, 5.41) is 12.8. The fourth-order valence-electron chi connectivity index (χ4n) is 3.14. The van der Waals surface area contributed by atoms with Crippen LogP contribution in [0.25, 0.3) is 0 Å². The maximum atomic E-state index is 12.9. The van der Waals surface area contributed by atoms with Gasteiger partial charge in [0.15, 0.2) is 0 Å². The third-order valence-corrected chi connectivity index (χ3v) is 6.04. The molecule has 0 spiro atoms. The van der Waals surface area contributed by atoms with Crippen molar-refractivity contribution < 1.29 is 23.1 Å². The highest BCUT2D eigenvalue weighted by atomic mass is 32.2. The summed E-state index contributed by atoms with van der Waals surface area (Å²) in [4.78, 5) is 16.6. The second-order valence-electron chi connectivity index (χ2n) is 6.73. The quantitative estimate of drug-likeness (QED) is 0.495. The molecule has 1 aromatic heterocycles. The Kier molecular flexibility index (Phi) is 6.88. The highest BCUT2D eigenvalue weighted by Crippen LogP contribution is 2.27. The van der Waals surface area contributed by atoms with E-state index in [2.05, 4.69) is 15.0 Å². The molecule has 1 atom stereocenters. The Morgan fingerprint density at radius 1 is 1.13 bits per heavy atom. The average molecular weight is 442 g/mol. The van der Waals surface area contributed by atoms with Crippen LogP contribution in [0.1, 0.15) is 34.5 Å². The van der Waals surface area contributed by atoms with Crippen LogP contribution >= 0.6 is 0 Å². The first-order chi connectivity index (χ1) is 14.8. The number of benzene rings is 2. The van der Waals surface area contributed by atoms with Gasteiger partial charge in [-0.25, -0.2) is 8.42 Å². The van der Waals surface area contributed by atoms with Crippen molar-refractivity contribution in [3.8, 4) is 5.75 Å². The van der Waals surface area contributed by atoms with Crippen LogP contribution in [0.4, 0.5) is 5.69 Å². The second kappa shape index (κ2) is 9.59. The van der Waals surface area contributed by atoms with E-state index in [1.807, 2.05) is 0 Å². The zero-order valence-corrected chi connectivity index (χ0v) is 17.9. The fourth-order valence-corrected chi connectivity index (χ4v) is 4.39. The van der Waals surface area contributed by atoms with Crippen LogP contribution in [0, 0.1) is 0 Å². The highest BCUT2D eigenvalue weighted by Gasteiger charge is 2.23. The van der Waals surface area contributed by atoms with Crippen LogP contribution in [0.2, 0.25) is 0 Å². The number of nitrogens with one attached hydrogen (secondary N) is 2. The van der Waals surface area contributed by atoms with Gasteiger partial charge in [-0.2, -0.15) is 0 Å². The van der Waals surface area contributed by atoms with E-state index in [4.69, 9.17) is 4.74 Å². The SMILES string of the molecule is COc1cccc(C(C)O)c1CNC(=O)c1ccccc1S(=O)(=O)Nc1cccnc1. The summed E-state index contributed by atoms with van der Waals surface area (Å²) in [6.07, 6.45) is 2.14. The predicted octanol–water partition coefficient (Wildman–Crippen LogP) is 2.87. The topological polar surface area (TPSA) is 118 Å². The summed E-state index contributed by atoms with van der Waals surface area (Å²) >= 11 is 0. The van der Waals surface area contributed by atoms with Gasteiger partial charge in [0.25, 0.3) is 15.9 Å². The van der Waals surface area contributed by atoms with Crippen molar-refractivity contribution in [1.29, 1.82) is 0 Å². The summed E-state index contributed by atoms with van der Waals surface area (Å²) < 4.78 is 33.5. The summed E-state index contributed by atoms with van der Waals surface area (Å²) in [7, 11) is -2.52. The number of methoxy groups -OCH3 is 1. The molecular formula is C22H23N3O5S. The Labute approximate surface area is 181 Å². The Bertz CT molecular complexity index is 1160. The smallest absolute Gasteiger partial charge is 0.262 e. The molecule has 0 saturated heterocycles. The van der Waals surface area contributed by atoms with Crippen LogP contribution in [-0.4, -0.2) is 31.5 Å². The number of amides is 1. The van der Waals surface area contributed by atoms with Crippen molar-refractivity contribution in [2.24, 2.45) is 0 Å². The van der Waals surface area contributed by atoms with Crippen molar-refractivity contribution in [1.82, 2.24) is 10.3 Å². The number of nitrogens with zero attached hydrogens (tertiary/aromatic N) is 1. The molecule has 1 unspecified atom stereocenters. The van der Waals surface area contributed by atoms with Gasteiger partial charge < -0.3 is 15.2 Å². The van der Waals surface area contributed by atoms with Crippen LogP contribution in [-0.2, 0) is 16.6 Å². The zero-order chi connectivity index (χ0) is 22.4. The number of carbonyl (C=O) groups is 1. The molecule has 0 aliphatic heterocycles. The lowest BCUT2D eigenvalue weighted by molar-refractivity contribution is 0.0946. The van der Waals surface area contributed by atoms with Gasteiger partial charge in [0.2, 0.25) is 0 Å². The number of pyridine rings is 1. The molecule has 0 aliphatic rings. The van der Waals surface area contributed by atoms with E-state index in [-0.39, 0.29) is 22.7 Å². The molecule has 3 rings (SSSR count). The predicted molar refractivity (Wildman–Crippen MR) is 116 cm³/mol. The second-order valence-corrected chi connectivity index (χ2v) is 8.38. The minimum absolute atomic E-state index is 0.00705. The molecule has 0 radical (unpaired) electrons. The van der Waals surface area contributed by atoms with Crippen molar-refractivity contribution >= 4 is 21.6 Å². The summed E-state index contributed by atoms with van der Waals surface area (Å²) in [5.74, 6) is -0.0625. The molecule has 1 amide bonds. The van der Waals surface area contributed by atoms with Gasteiger partial charge in [-0.05, 0) is 42.8 Å². The molecule has 0 bridgehead atoms. The molecule has 0 aliphatic carbocycles. The number of hydrogen-bond acceptors (Lipinski definition) is 6. The lowest BCUT2D eigenvalue weighted by Crippen LogP contribution is -2.27. The van der Waals surface area contributed by atoms with Gasteiger partial charge in [0.1, 0.15) is 10.6 Å². The maximum Gasteiger partial charge on any atom is 0.262 e. The molecule has 162 valence electrons. The minimum atomic E-state index is -4.02. The number of aromatic nitrogens is 1. The Balaban J connectivity index is 1.86. The standard InChI is InChI=1S/C22H23N3O5S/c1-15(26)17-9-5-10-20(30-2)19(17)14-24-22(27)18-8-3-4-11-21(18)31(28,29)25-16-7-6-12-23-13-16/h3-13,15,25-26H,14H2,1-2H3,(H,24,27). The van der Waals surface area contributed by atoms with Gasteiger partial charge in [0, 0.05) is 18.3 Å². The molecule has 8 nitrogen and oxygen atoms in total. The average Bonchev–Trinajstić information content (AvgIpc) is 2.77. The third-order valence-electron chi connectivity index (χ3n) is 4.60. The number of rotatable bonds is 8. The number of ether oxygens (including phenoxy) is 1. The first-order valence-corrected chi connectivity index (χ1v) is 11.0. The summed E-state index contributed by atoms with van der Waals surface area (Å²) in [5.41, 5.74) is 1.50. The number of hydrogen-bond donors (Lipinski definition) is 3. The molecule has 0 fully saturated rings. The largest absolute Gasteiger partial charge is 0.496 e. The number of aliphatic hydroxyl groups excluding tert-OH is 1. The molecule has 2 aromatic carbocycles. The molecular weight excluding hydrogens is 418 g/mol. The van der Waals surface area contributed by atoms with Gasteiger partial charge in [0.05, 0.1) is 30.7 Å². The summed E-state index contributed by atoms with van der Waals surface area (Å²) in [6.45, 7) is 1.67. The first kappa shape index (κ1) is 22.3. The minimum Gasteiger partial charge on any atom is -0.496 e. The molecule has 1 heterocycles. The van der Waals surface area contributed by atoms with Crippen LogP contribution in [0.5, 0.6) is 5.75 Å². The van der Waals surface area contributed by atoms with Gasteiger partial charge in [-0.1, -0.05) is 24.3 Å². The Hall–Kier alpha value is -3.43. The van der Waals surface area contributed by atoms with E-state index in [1.165, 1.54) is 31.6 Å². The van der Waals surface area contributed by atoms with E-state index in [0.717, 1.165) is 0 Å². The summed E-state index contributed by atoms with van der Waals surface area (Å²) in [6, 6.07) is 14.3. The van der Waals surface area contributed by atoms with E-state index in [1.54, 1.807) is 49.4 Å². The van der Waals surface area contributed by atoms with E-state index < -0.39 is 22.0 Å². The molecule has 0 saturated carbocycles. The van der Waals surface area contributed by atoms with E-state index >= 15 is 0 Å². The number of sulfonamides is 1. The lowest BCUT2D eigenvalue weighted by Gasteiger charge is -2.17. The number of anilines is 1. The molecule has 9 heteroatoms. The lowest BCUT2D eigenvalue weighted by atomic mass is 10.0. The Morgan fingerprint density at radius 2 is 1.90 bits per heavy atom. The number of aliphatic hydroxyl groups is 1. The van der Waals surface area contributed by atoms with E-state index in [9.17, 15) is 18.3 Å². The van der Waals surface area contributed by atoms with Gasteiger partial charge >= 0.3 is 0 Å². The number of carbonyl (C=O) groups excluding carboxylic acids is 1. The van der Waals surface area contributed by atoms with E-state index in [0.29, 0.717) is 16.9 Å². The van der Waals surface area contributed by atoms with Crippen molar-refractivity contribution in [2.45, 2.75) is 24.5 Å². The van der Waals surface area contributed by atoms with Crippen molar-refractivity contribution in [3.05, 3.63) is 83.7 Å². The normalized spacial score (nSPS) is 12.1. The third kappa shape index (κ3) is 5.19. The highest BCUT2D eigenvalue weighted by molar-refractivity contribution is 7.92. The van der Waals surface area contributed by atoms with Crippen LogP contribution in [0.3, 0.4) is 0 Å². The van der Waals surface area contributed by atoms with Crippen LogP contribution < -0.4 is 14.8 Å². The van der Waals surface area contributed by atoms with Gasteiger partial charge in [-0.15, -0.1) is 0 Å². The van der Waals surface area contributed by atoms with Crippen molar-refractivity contribution in [3.63, 3.8) is 0 Å². The first-order valence-electron chi connectivity index (χ1n) is 9.47. The maximum absolute atomic E-state index is 12.9.